The summed E-state index contributed by atoms with van der Waals surface area (Å²) in [6.07, 6.45) is 1.98. The molecule has 1 aliphatic rings. The second kappa shape index (κ2) is 6.16. The molecule has 130 valence electrons. The van der Waals surface area contributed by atoms with Crippen LogP contribution < -0.4 is 5.32 Å². The van der Waals surface area contributed by atoms with Gasteiger partial charge in [-0.2, -0.15) is 5.10 Å². The summed E-state index contributed by atoms with van der Waals surface area (Å²) in [6, 6.07) is 2.09. The minimum absolute atomic E-state index is 0.0665. The first-order valence-corrected chi connectivity index (χ1v) is 8.51. The third-order valence-corrected chi connectivity index (χ3v) is 4.67. The number of fused-ring (bicyclic) bond motifs is 1. The molecule has 0 spiro atoms. The van der Waals surface area contributed by atoms with Gasteiger partial charge in [0.15, 0.2) is 5.65 Å². The van der Waals surface area contributed by atoms with E-state index in [4.69, 9.17) is 4.74 Å². The number of hydrogen-bond donors (Lipinski definition) is 1. The highest BCUT2D eigenvalue weighted by molar-refractivity contribution is 5.76. The lowest BCUT2D eigenvalue weighted by Crippen LogP contribution is -2.36. The lowest BCUT2D eigenvalue weighted by atomic mass is 10.0. The Morgan fingerprint density at radius 3 is 2.83 bits per heavy atom. The van der Waals surface area contributed by atoms with E-state index >= 15 is 0 Å². The summed E-state index contributed by atoms with van der Waals surface area (Å²) in [5.74, 6) is 0.0665. The van der Waals surface area contributed by atoms with Crippen molar-refractivity contribution in [2.75, 3.05) is 6.61 Å². The second-order valence-corrected chi connectivity index (χ2v) is 7.36. The van der Waals surface area contributed by atoms with Gasteiger partial charge in [0, 0.05) is 23.9 Å². The van der Waals surface area contributed by atoms with Crippen LogP contribution in [0.25, 0.3) is 5.65 Å². The topological polar surface area (TPSA) is 68.5 Å². The first kappa shape index (κ1) is 16.9. The number of aryl methyl sites for hydroxylation is 3. The second-order valence-electron chi connectivity index (χ2n) is 7.36. The Kier molecular flexibility index (Phi) is 4.34. The van der Waals surface area contributed by atoms with Crippen molar-refractivity contribution in [2.45, 2.75) is 65.5 Å². The first-order chi connectivity index (χ1) is 11.2. The molecular weight excluding hydrogens is 304 g/mol. The lowest BCUT2D eigenvalue weighted by Gasteiger charge is -2.16. The number of hydrogen-bond acceptors (Lipinski definition) is 4. The van der Waals surface area contributed by atoms with Crippen molar-refractivity contribution >= 4 is 11.6 Å². The first-order valence-electron chi connectivity index (χ1n) is 8.51. The van der Waals surface area contributed by atoms with Gasteiger partial charge in [-0.05, 0) is 53.0 Å². The summed E-state index contributed by atoms with van der Waals surface area (Å²) in [5.41, 5.74) is 4.80. The van der Waals surface area contributed by atoms with Crippen LogP contribution in [-0.2, 0) is 16.0 Å². The zero-order valence-electron chi connectivity index (χ0n) is 15.1. The molecule has 3 heterocycles. The zero-order chi connectivity index (χ0) is 17.5. The predicted molar refractivity (Wildman–Crippen MR) is 92.1 cm³/mol. The maximum atomic E-state index is 12.3. The van der Waals surface area contributed by atoms with Gasteiger partial charge >= 0.3 is 0 Å². The van der Waals surface area contributed by atoms with E-state index in [0.717, 1.165) is 34.7 Å². The van der Waals surface area contributed by atoms with Crippen LogP contribution >= 0.6 is 0 Å². The van der Waals surface area contributed by atoms with Crippen LogP contribution in [0.4, 0.5) is 0 Å². The van der Waals surface area contributed by atoms with Crippen molar-refractivity contribution in [3.63, 3.8) is 0 Å². The highest BCUT2D eigenvalue weighted by atomic mass is 16.5. The quantitative estimate of drug-likeness (QED) is 0.934. The Hall–Kier alpha value is -1.95. The van der Waals surface area contributed by atoms with E-state index in [0.29, 0.717) is 19.4 Å². The fourth-order valence-electron chi connectivity index (χ4n) is 3.47. The summed E-state index contributed by atoms with van der Waals surface area (Å²) in [6.45, 7) is 10.7. The molecule has 6 heteroatoms. The molecular formula is C18H26N4O2. The number of ether oxygens (including phenoxy) is 1. The fourth-order valence-corrected chi connectivity index (χ4v) is 3.47. The molecule has 1 atom stereocenters. The van der Waals surface area contributed by atoms with Gasteiger partial charge in [0.25, 0.3) is 0 Å². The molecule has 1 aliphatic heterocycles. The van der Waals surface area contributed by atoms with Gasteiger partial charge in [-0.3, -0.25) is 4.79 Å². The van der Waals surface area contributed by atoms with E-state index in [2.05, 4.69) is 29.2 Å². The maximum Gasteiger partial charge on any atom is 0.220 e. The van der Waals surface area contributed by atoms with Crippen LogP contribution in [0.3, 0.4) is 0 Å². The number of aromatic nitrogens is 3. The molecule has 1 N–H and O–H groups in total. The van der Waals surface area contributed by atoms with Gasteiger partial charge in [-0.15, -0.1) is 0 Å². The van der Waals surface area contributed by atoms with E-state index in [-0.39, 0.29) is 17.6 Å². The monoisotopic (exact) mass is 330 g/mol. The average Bonchev–Trinajstić information content (AvgIpc) is 3.00. The fraction of sp³-hybridized carbons (Fsp3) is 0.611. The number of nitrogens with one attached hydrogen (secondary N) is 1. The van der Waals surface area contributed by atoms with Crippen LogP contribution in [0.5, 0.6) is 0 Å². The predicted octanol–water partition coefficient (Wildman–Crippen LogP) is 2.27. The van der Waals surface area contributed by atoms with Gasteiger partial charge in [0.1, 0.15) is 0 Å². The van der Waals surface area contributed by atoms with Gasteiger partial charge < -0.3 is 10.1 Å². The summed E-state index contributed by atoms with van der Waals surface area (Å²) in [5, 5.41) is 7.56. The molecule has 0 radical (unpaired) electrons. The molecule has 1 fully saturated rings. The van der Waals surface area contributed by atoms with Crippen molar-refractivity contribution in [1.29, 1.82) is 0 Å². The summed E-state index contributed by atoms with van der Waals surface area (Å²) in [4.78, 5) is 16.9. The summed E-state index contributed by atoms with van der Waals surface area (Å²) < 4.78 is 7.53. The molecule has 3 rings (SSSR count). The van der Waals surface area contributed by atoms with E-state index in [1.165, 1.54) is 0 Å². The van der Waals surface area contributed by atoms with E-state index in [9.17, 15) is 4.79 Å². The van der Waals surface area contributed by atoms with Gasteiger partial charge in [-0.25, -0.2) is 9.50 Å². The molecule has 0 bridgehead atoms. The van der Waals surface area contributed by atoms with Crippen molar-refractivity contribution in [3.8, 4) is 0 Å². The smallest absolute Gasteiger partial charge is 0.220 e. The molecule has 24 heavy (non-hydrogen) atoms. The van der Waals surface area contributed by atoms with E-state index in [1.807, 2.05) is 31.4 Å². The van der Waals surface area contributed by atoms with Crippen molar-refractivity contribution < 1.29 is 9.53 Å². The third-order valence-electron chi connectivity index (χ3n) is 4.67. The summed E-state index contributed by atoms with van der Waals surface area (Å²) >= 11 is 0. The minimum Gasteiger partial charge on any atom is -0.373 e. The van der Waals surface area contributed by atoms with Crippen LogP contribution in [0.1, 0.15) is 49.3 Å². The normalized spacial score (nSPS) is 19.8. The van der Waals surface area contributed by atoms with Crippen LogP contribution in [0, 0.1) is 20.8 Å². The molecule has 0 saturated carbocycles. The van der Waals surface area contributed by atoms with Crippen molar-refractivity contribution in [3.05, 3.63) is 28.7 Å². The van der Waals surface area contributed by atoms with Gasteiger partial charge in [-0.1, -0.05) is 0 Å². The highest BCUT2D eigenvalue weighted by Gasteiger charge is 2.32. The molecule has 1 unspecified atom stereocenters. The van der Waals surface area contributed by atoms with Crippen molar-refractivity contribution in [2.24, 2.45) is 0 Å². The Balaban J connectivity index is 1.66. The molecule has 0 aliphatic carbocycles. The zero-order valence-corrected chi connectivity index (χ0v) is 15.1. The largest absolute Gasteiger partial charge is 0.373 e. The summed E-state index contributed by atoms with van der Waals surface area (Å²) in [7, 11) is 0. The number of amides is 1. The number of carbonyl (C=O) groups excluding carboxylic acids is 1. The standard InChI is InChI=1S/C18H26N4O2/c1-11-8-16-19-12(2)15(13(3)22(16)21-11)6-7-17(23)20-14-9-18(4,5)24-10-14/h8,14H,6-7,9-10H2,1-5H3,(H,20,23). The Morgan fingerprint density at radius 2 is 2.17 bits per heavy atom. The number of carbonyl (C=O) groups is 1. The van der Waals surface area contributed by atoms with E-state index in [1.54, 1.807) is 0 Å². The molecule has 2 aromatic heterocycles. The SMILES string of the molecule is Cc1cc2nc(C)c(CCC(=O)NC3COC(C)(C)C3)c(C)n2n1. The number of rotatable bonds is 4. The molecule has 1 saturated heterocycles. The molecule has 2 aromatic rings. The van der Waals surface area contributed by atoms with Gasteiger partial charge in [0.05, 0.1) is 23.9 Å². The van der Waals surface area contributed by atoms with Crippen LogP contribution in [0.15, 0.2) is 6.07 Å². The Labute approximate surface area is 142 Å². The Bertz CT molecular complexity index is 779. The highest BCUT2D eigenvalue weighted by Crippen LogP contribution is 2.24. The van der Waals surface area contributed by atoms with E-state index < -0.39 is 0 Å². The third kappa shape index (κ3) is 3.43. The maximum absolute atomic E-state index is 12.3. The average molecular weight is 330 g/mol. The van der Waals surface area contributed by atoms with Crippen LogP contribution in [0.2, 0.25) is 0 Å². The minimum atomic E-state index is -0.141. The molecule has 0 aromatic carbocycles. The lowest BCUT2D eigenvalue weighted by molar-refractivity contribution is -0.121. The molecule has 6 nitrogen and oxygen atoms in total. The molecule has 1 amide bonds. The van der Waals surface area contributed by atoms with Crippen molar-refractivity contribution in [1.82, 2.24) is 19.9 Å². The number of nitrogens with zero attached hydrogens (tertiary/aromatic N) is 3. The van der Waals surface area contributed by atoms with Gasteiger partial charge in [0.2, 0.25) is 5.91 Å². The Morgan fingerprint density at radius 1 is 1.42 bits per heavy atom. The van der Waals surface area contributed by atoms with Crippen LogP contribution in [-0.4, -0.2) is 38.8 Å².